The first-order chi connectivity index (χ1) is 8.81. The van der Waals surface area contributed by atoms with Crippen LogP contribution in [0.1, 0.15) is 39.7 Å². The van der Waals surface area contributed by atoms with Crippen molar-refractivity contribution in [2.75, 3.05) is 6.61 Å². The van der Waals surface area contributed by atoms with Crippen LogP contribution in [0, 0.1) is 11.2 Å². The fraction of sp³-hybridized carbons (Fsp3) is 0.533. The summed E-state index contributed by atoms with van der Waals surface area (Å²) in [6.45, 7) is 6.77. The maximum absolute atomic E-state index is 13.9. The average molecular weight is 268 g/mol. The van der Waals surface area contributed by atoms with E-state index in [0.717, 1.165) is 0 Å². The number of carbonyl (C=O) groups excluding carboxylic acids is 1. The van der Waals surface area contributed by atoms with Crippen LogP contribution in [0.25, 0.3) is 0 Å². The second-order valence-electron chi connectivity index (χ2n) is 5.04. The van der Waals surface area contributed by atoms with Gasteiger partial charge in [0.1, 0.15) is 11.4 Å². The van der Waals surface area contributed by atoms with Crippen LogP contribution < -0.4 is 0 Å². The molecule has 0 bridgehead atoms. The second-order valence-corrected chi connectivity index (χ2v) is 5.04. The van der Waals surface area contributed by atoms with E-state index < -0.39 is 22.8 Å². The van der Waals surface area contributed by atoms with Gasteiger partial charge in [0.25, 0.3) is 0 Å². The Kier molecular flexibility index (Phi) is 4.69. The van der Waals surface area contributed by atoms with Crippen LogP contribution in [0.15, 0.2) is 24.3 Å². The monoisotopic (exact) mass is 268 g/mol. The summed E-state index contributed by atoms with van der Waals surface area (Å²) in [6, 6.07) is 5.96. The van der Waals surface area contributed by atoms with Gasteiger partial charge in [-0.3, -0.25) is 4.79 Å². The molecule has 0 heterocycles. The highest BCUT2D eigenvalue weighted by molar-refractivity contribution is 5.78. The minimum absolute atomic E-state index is 0.121. The maximum Gasteiger partial charge on any atom is 0.314 e. The Morgan fingerprint density at radius 2 is 1.89 bits per heavy atom. The van der Waals surface area contributed by atoms with Crippen molar-refractivity contribution >= 4 is 5.97 Å². The van der Waals surface area contributed by atoms with Crippen molar-refractivity contribution in [2.24, 2.45) is 5.41 Å². The largest absolute Gasteiger partial charge is 0.465 e. The highest BCUT2D eigenvalue weighted by Gasteiger charge is 2.51. The summed E-state index contributed by atoms with van der Waals surface area (Å²) in [5, 5.41) is 10.9. The first kappa shape index (κ1) is 15.6. The molecule has 19 heavy (non-hydrogen) atoms. The molecule has 0 aliphatic rings. The molecular formula is C15H21FO3. The first-order valence-electron chi connectivity index (χ1n) is 6.45. The Bertz CT molecular complexity index is 456. The Labute approximate surface area is 113 Å². The summed E-state index contributed by atoms with van der Waals surface area (Å²) < 4.78 is 18.9. The maximum atomic E-state index is 13.9. The Morgan fingerprint density at radius 1 is 1.32 bits per heavy atom. The molecule has 0 aliphatic heterocycles. The Hall–Kier alpha value is -1.42. The van der Waals surface area contributed by atoms with Gasteiger partial charge >= 0.3 is 5.97 Å². The summed E-state index contributed by atoms with van der Waals surface area (Å²) in [7, 11) is 0. The lowest BCUT2D eigenvalue weighted by atomic mass is 9.69. The van der Waals surface area contributed by atoms with Crippen LogP contribution in [-0.2, 0) is 15.1 Å². The van der Waals surface area contributed by atoms with Gasteiger partial charge < -0.3 is 9.84 Å². The molecule has 0 aromatic heterocycles. The van der Waals surface area contributed by atoms with Gasteiger partial charge in [0, 0.05) is 5.56 Å². The molecule has 0 saturated heterocycles. The average Bonchev–Trinajstić information content (AvgIpc) is 2.38. The smallest absolute Gasteiger partial charge is 0.314 e. The third kappa shape index (κ3) is 2.63. The Morgan fingerprint density at radius 3 is 2.37 bits per heavy atom. The SMILES string of the molecule is CCOC(=O)C(C)(C)C(O)(CC)c1ccccc1F. The van der Waals surface area contributed by atoms with E-state index in [0.29, 0.717) is 0 Å². The molecule has 0 amide bonds. The number of carbonyl (C=O) groups is 1. The normalized spacial score (nSPS) is 14.8. The minimum Gasteiger partial charge on any atom is -0.465 e. The second kappa shape index (κ2) is 5.70. The third-order valence-electron chi connectivity index (χ3n) is 3.65. The van der Waals surface area contributed by atoms with E-state index in [1.54, 1.807) is 39.8 Å². The van der Waals surface area contributed by atoms with Crippen molar-refractivity contribution in [3.05, 3.63) is 35.6 Å². The molecule has 0 aliphatic carbocycles. The predicted octanol–water partition coefficient (Wildman–Crippen LogP) is 3.01. The molecule has 1 aromatic carbocycles. The van der Waals surface area contributed by atoms with Crippen molar-refractivity contribution in [2.45, 2.75) is 39.7 Å². The molecule has 0 fully saturated rings. The molecular weight excluding hydrogens is 247 g/mol. The molecule has 0 saturated carbocycles. The number of esters is 1. The van der Waals surface area contributed by atoms with Gasteiger partial charge in [-0.05, 0) is 33.3 Å². The highest BCUT2D eigenvalue weighted by atomic mass is 19.1. The van der Waals surface area contributed by atoms with Gasteiger partial charge in [-0.1, -0.05) is 25.1 Å². The van der Waals surface area contributed by atoms with E-state index in [2.05, 4.69) is 0 Å². The standard InChI is InChI=1S/C15H21FO3/c1-5-15(18,11-9-7-8-10-12(11)16)14(3,4)13(17)19-6-2/h7-10,18H,5-6H2,1-4H3. The summed E-state index contributed by atoms with van der Waals surface area (Å²) in [4.78, 5) is 12.1. The topological polar surface area (TPSA) is 46.5 Å². The number of hydrogen-bond donors (Lipinski definition) is 1. The molecule has 4 heteroatoms. The number of aliphatic hydroxyl groups is 1. The predicted molar refractivity (Wildman–Crippen MR) is 71.0 cm³/mol. The number of ether oxygens (including phenoxy) is 1. The molecule has 1 unspecified atom stereocenters. The zero-order valence-corrected chi connectivity index (χ0v) is 11.9. The zero-order chi connectivity index (χ0) is 14.7. The van der Waals surface area contributed by atoms with Crippen LogP contribution >= 0.6 is 0 Å². The van der Waals surface area contributed by atoms with Gasteiger partial charge in [0.15, 0.2) is 0 Å². The third-order valence-corrected chi connectivity index (χ3v) is 3.65. The summed E-state index contributed by atoms with van der Waals surface area (Å²) in [6.07, 6.45) is 0.208. The number of halogens is 1. The van der Waals surface area contributed by atoms with Crippen molar-refractivity contribution in [1.82, 2.24) is 0 Å². The molecule has 1 atom stereocenters. The lowest BCUT2D eigenvalue weighted by Gasteiger charge is -2.40. The quantitative estimate of drug-likeness (QED) is 0.835. The fourth-order valence-electron chi connectivity index (χ4n) is 2.25. The minimum atomic E-state index is -1.61. The number of rotatable bonds is 5. The van der Waals surface area contributed by atoms with Gasteiger partial charge in [0.2, 0.25) is 0 Å². The lowest BCUT2D eigenvalue weighted by Crippen LogP contribution is -2.48. The molecule has 1 rings (SSSR count). The van der Waals surface area contributed by atoms with E-state index in [9.17, 15) is 14.3 Å². The fourth-order valence-corrected chi connectivity index (χ4v) is 2.25. The summed E-state index contributed by atoms with van der Waals surface area (Å²) in [5.41, 5.74) is -2.72. The van der Waals surface area contributed by atoms with Crippen LogP contribution in [0.5, 0.6) is 0 Å². The molecule has 1 N–H and O–H groups in total. The number of benzene rings is 1. The van der Waals surface area contributed by atoms with Crippen molar-refractivity contribution in [3.8, 4) is 0 Å². The molecule has 0 spiro atoms. The summed E-state index contributed by atoms with van der Waals surface area (Å²) in [5.74, 6) is -1.06. The first-order valence-corrected chi connectivity index (χ1v) is 6.45. The van der Waals surface area contributed by atoms with Crippen LogP contribution in [0.2, 0.25) is 0 Å². The highest BCUT2D eigenvalue weighted by Crippen LogP contribution is 2.44. The van der Waals surface area contributed by atoms with E-state index in [1.165, 1.54) is 12.1 Å². The van der Waals surface area contributed by atoms with E-state index >= 15 is 0 Å². The van der Waals surface area contributed by atoms with E-state index in [4.69, 9.17) is 4.74 Å². The van der Waals surface area contributed by atoms with Crippen molar-refractivity contribution in [1.29, 1.82) is 0 Å². The van der Waals surface area contributed by atoms with E-state index in [-0.39, 0.29) is 18.6 Å². The molecule has 106 valence electrons. The Balaban J connectivity index is 3.31. The lowest BCUT2D eigenvalue weighted by molar-refractivity contribution is -0.173. The van der Waals surface area contributed by atoms with Gasteiger partial charge in [-0.2, -0.15) is 0 Å². The zero-order valence-electron chi connectivity index (χ0n) is 11.9. The van der Waals surface area contributed by atoms with Gasteiger partial charge in [-0.15, -0.1) is 0 Å². The molecule has 3 nitrogen and oxygen atoms in total. The van der Waals surface area contributed by atoms with Crippen LogP contribution in [0.4, 0.5) is 4.39 Å². The van der Waals surface area contributed by atoms with Gasteiger partial charge in [0.05, 0.1) is 12.0 Å². The summed E-state index contributed by atoms with van der Waals surface area (Å²) >= 11 is 0. The van der Waals surface area contributed by atoms with Crippen LogP contribution in [0.3, 0.4) is 0 Å². The molecule has 0 radical (unpaired) electrons. The van der Waals surface area contributed by atoms with Crippen molar-refractivity contribution in [3.63, 3.8) is 0 Å². The van der Waals surface area contributed by atoms with Crippen LogP contribution in [-0.4, -0.2) is 17.7 Å². The van der Waals surface area contributed by atoms with E-state index in [1.807, 2.05) is 0 Å². The number of hydrogen-bond acceptors (Lipinski definition) is 3. The van der Waals surface area contributed by atoms with Gasteiger partial charge in [-0.25, -0.2) is 4.39 Å². The van der Waals surface area contributed by atoms with Crippen molar-refractivity contribution < 1.29 is 19.0 Å². The molecule has 1 aromatic rings.